The molecule has 5 aromatic rings. The second-order valence-electron chi connectivity index (χ2n) is 8.29. The highest BCUT2D eigenvalue weighted by Gasteiger charge is 2.12. The highest BCUT2D eigenvalue weighted by atomic mass is 32.1. The molecule has 0 aliphatic carbocycles. The van der Waals surface area contributed by atoms with E-state index in [1.165, 1.54) is 5.39 Å². The molecule has 0 aliphatic heterocycles. The van der Waals surface area contributed by atoms with Crippen molar-refractivity contribution in [2.75, 3.05) is 5.32 Å². The molecule has 2 amide bonds. The van der Waals surface area contributed by atoms with Gasteiger partial charge in [-0.25, -0.2) is 5.43 Å². The number of carbonyl (C=O) groups excluding carboxylic acids is 2. The first kappa shape index (κ1) is 24.8. The fraction of sp³-hybridized carbons (Fsp3) is 0.0690. The van der Waals surface area contributed by atoms with Crippen LogP contribution in [0.5, 0.6) is 5.75 Å². The number of benzene rings is 4. The van der Waals surface area contributed by atoms with E-state index in [2.05, 4.69) is 50.3 Å². The predicted octanol–water partition coefficient (Wildman–Crippen LogP) is 5.22. The molecular weight excluding hydrogens is 498 g/mol. The van der Waals surface area contributed by atoms with E-state index in [4.69, 9.17) is 4.74 Å². The molecule has 9 heteroatoms. The molecule has 4 aromatic carbocycles. The summed E-state index contributed by atoms with van der Waals surface area (Å²) in [6.45, 7) is 0.439. The minimum absolute atomic E-state index is 0.00953. The van der Waals surface area contributed by atoms with Crippen LogP contribution in [-0.4, -0.2) is 28.2 Å². The van der Waals surface area contributed by atoms with Gasteiger partial charge in [0.2, 0.25) is 11.0 Å². The van der Waals surface area contributed by atoms with E-state index in [1.807, 2.05) is 48.5 Å². The summed E-state index contributed by atoms with van der Waals surface area (Å²) in [6, 6.07) is 30.6. The fourth-order valence-corrected chi connectivity index (χ4v) is 4.49. The minimum Gasteiger partial charge on any atom is -0.489 e. The Balaban J connectivity index is 1.12. The molecule has 0 atom stereocenters. The lowest BCUT2D eigenvalue weighted by atomic mass is 10.1. The molecule has 0 aliphatic rings. The Labute approximate surface area is 223 Å². The molecule has 188 valence electrons. The quantitative estimate of drug-likeness (QED) is 0.205. The number of hydrogen-bond acceptors (Lipinski definition) is 7. The van der Waals surface area contributed by atoms with Crippen molar-refractivity contribution in [2.24, 2.45) is 5.10 Å². The molecule has 0 radical (unpaired) electrons. The van der Waals surface area contributed by atoms with Gasteiger partial charge in [0.1, 0.15) is 17.4 Å². The number of carbonyl (C=O) groups is 2. The van der Waals surface area contributed by atoms with Gasteiger partial charge in [-0.05, 0) is 46.2 Å². The van der Waals surface area contributed by atoms with Gasteiger partial charge in [-0.3, -0.25) is 14.9 Å². The van der Waals surface area contributed by atoms with Crippen LogP contribution >= 0.6 is 11.3 Å². The number of rotatable bonds is 9. The number of fused-ring (bicyclic) bond motifs is 1. The number of hydrazone groups is 1. The fourth-order valence-electron chi connectivity index (χ4n) is 3.75. The molecule has 8 nitrogen and oxygen atoms in total. The van der Waals surface area contributed by atoms with Crippen molar-refractivity contribution in [3.63, 3.8) is 0 Å². The van der Waals surface area contributed by atoms with Crippen LogP contribution in [0.4, 0.5) is 5.13 Å². The molecular formula is C29H23N5O3S. The first-order chi connectivity index (χ1) is 18.6. The molecule has 5 rings (SSSR count). The molecule has 0 fully saturated rings. The van der Waals surface area contributed by atoms with Gasteiger partial charge in [-0.2, -0.15) is 5.10 Å². The largest absolute Gasteiger partial charge is 0.489 e. The standard InChI is InChI=1S/C29H23N5O3S/c35-26(17-27-33-34-29(38-27)31-28(36)22-10-2-1-3-11-22)32-30-18-20-8-6-14-24(16-20)37-19-23-13-7-12-21-9-4-5-15-25(21)23/h1-16,18H,17,19H2,(H,32,35)(H,31,34,36). The zero-order valence-electron chi connectivity index (χ0n) is 20.2. The normalized spacial score (nSPS) is 10.9. The number of nitrogens with zero attached hydrogens (tertiary/aromatic N) is 3. The monoisotopic (exact) mass is 521 g/mol. The maximum atomic E-state index is 12.3. The Bertz CT molecular complexity index is 1600. The lowest BCUT2D eigenvalue weighted by Crippen LogP contribution is -2.19. The molecule has 0 bridgehead atoms. The van der Waals surface area contributed by atoms with Gasteiger partial charge in [-0.1, -0.05) is 84.1 Å². The molecule has 0 unspecified atom stereocenters. The summed E-state index contributed by atoms with van der Waals surface area (Å²) in [5.41, 5.74) is 4.89. The van der Waals surface area contributed by atoms with Gasteiger partial charge in [0.25, 0.3) is 5.91 Å². The Morgan fingerprint density at radius 1 is 0.895 bits per heavy atom. The molecule has 0 saturated heterocycles. The van der Waals surface area contributed by atoms with Crippen LogP contribution in [0.15, 0.2) is 102 Å². The van der Waals surface area contributed by atoms with Crippen LogP contribution in [0.3, 0.4) is 0 Å². The van der Waals surface area contributed by atoms with Crippen LogP contribution in [0.2, 0.25) is 0 Å². The summed E-state index contributed by atoms with van der Waals surface area (Å²) < 4.78 is 6.01. The molecule has 2 N–H and O–H groups in total. The number of ether oxygens (including phenoxy) is 1. The number of nitrogens with one attached hydrogen (secondary N) is 2. The third kappa shape index (κ3) is 6.45. The highest BCUT2D eigenvalue weighted by Crippen LogP contribution is 2.21. The number of amides is 2. The van der Waals surface area contributed by atoms with Gasteiger partial charge < -0.3 is 4.74 Å². The summed E-state index contributed by atoms with van der Waals surface area (Å²) in [5, 5.41) is 17.7. The van der Waals surface area contributed by atoms with Crippen LogP contribution in [0.25, 0.3) is 10.8 Å². The van der Waals surface area contributed by atoms with E-state index in [1.54, 1.807) is 30.5 Å². The maximum absolute atomic E-state index is 12.3. The number of anilines is 1. The SMILES string of the molecule is O=C(Cc1nnc(NC(=O)c2ccccc2)s1)NN=Cc1cccc(OCc2cccc3ccccc23)c1. The molecule has 0 spiro atoms. The van der Waals surface area contributed by atoms with E-state index in [0.29, 0.717) is 28.1 Å². The smallest absolute Gasteiger partial charge is 0.257 e. The van der Waals surface area contributed by atoms with Crippen LogP contribution in [-0.2, 0) is 17.8 Å². The van der Waals surface area contributed by atoms with Crippen molar-refractivity contribution < 1.29 is 14.3 Å². The van der Waals surface area contributed by atoms with Crippen molar-refractivity contribution in [1.29, 1.82) is 0 Å². The first-order valence-corrected chi connectivity index (χ1v) is 12.7. The van der Waals surface area contributed by atoms with Gasteiger partial charge in [-0.15, -0.1) is 10.2 Å². The maximum Gasteiger partial charge on any atom is 0.257 e. The second kappa shape index (κ2) is 11.9. The van der Waals surface area contributed by atoms with Crippen molar-refractivity contribution in [2.45, 2.75) is 13.0 Å². The first-order valence-electron chi connectivity index (χ1n) is 11.8. The van der Waals surface area contributed by atoms with Gasteiger partial charge in [0, 0.05) is 5.56 Å². The lowest BCUT2D eigenvalue weighted by Gasteiger charge is -2.09. The average Bonchev–Trinajstić information content (AvgIpc) is 3.38. The molecule has 1 aromatic heterocycles. The Morgan fingerprint density at radius 2 is 1.68 bits per heavy atom. The lowest BCUT2D eigenvalue weighted by molar-refractivity contribution is -0.120. The third-order valence-corrected chi connectivity index (χ3v) is 6.41. The topological polar surface area (TPSA) is 106 Å². The Morgan fingerprint density at radius 3 is 2.58 bits per heavy atom. The summed E-state index contributed by atoms with van der Waals surface area (Å²) in [5.74, 6) is 0.0690. The highest BCUT2D eigenvalue weighted by molar-refractivity contribution is 7.15. The zero-order chi connectivity index (χ0) is 26.2. The zero-order valence-corrected chi connectivity index (χ0v) is 21.0. The molecule has 1 heterocycles. The number of hydrogen-bond donors (Lipinski definition) is 2. The Hall–Kier alpha value is -4.89. The van der Waals surface area contributed by atoms with Gasteiger partial charge in [0.15, 0.2) is 0 Å². The summed E-state index contributed by atoms with van der Waals surface area (Å²) in [4.78, 5) is 24.5. The summed E-state index contributed by atoms with van der Waals surface area (Å²) >= 11 is 1.14. The van der Waals surface area contributed by atoms with E-state index in [9.17, 15) is 9.59 Å². The van der Waals surface area contributed by atoms with Crippen LogP contribution < -0.4 is 15.5 Å². The predicted molar refractivity (Wildman–Crippen MR) is 148 cm³/mol. The summed E-state index contributed by atoms with van der Waals surface area (Å²) in [6.07, 6.45) is 1.54. The van der Waals surface area contributed by atoms with Crippen LogP contribution in [0.1, 0.15) is 26.5 Å². The Kier molecular flexibility index (Phi) is 7.76. The average molecular weight is 522 g/mol. The molecule has 38 heavy (non-hydrogen) atoms. The van der Waals surface area contributed by atoms with Gasteiger partial charge >= 0.3 is 0 Å². The van der Waals surface area contributed by atoms with Crippen molar-refractivity contribution in [3.05, 3.63) is 119 Å². The van der Waals surface area contributed by atoms with Crippen molar-refractivity contribution in [1.82, 2.24) is 15.6 Å². The van der Waals surface area contributed by atoms with Crippen molar-refractivity contribution >= 4 is 45.3 Å². The van der Waals surface area contributed by atoms with E-state index in [-0.39, 0.29) is 18.2 Å². The van der Waals surface area contributed by atoms with E-state index >= 15 is 0 Å². The third-order valence-electron chi connectivity index (χ3n) is 5.57. The van der Waals surface area contributed by atoms with E-state index in [0.717, 1.165) is 27.8 Å². The van der Waals surface area contributed by atoms with E-state index < -0.39 is 0 Å². The van der Waals surface area contributed by atoms with Crippen LogP contribution in [0, 0.1) is 0 Å². The molecule has 0 saturated carbocycles. The van der Waals surface area contributed by atoms with Crippen molar-refractivity contribution in [3.8, 4) is 5.75 Å². The number of aromatic nitrogens is 2. The minimum atomic E-state index is -0.346. The van der Waals surface area contributed by atoms with Gasteiger partial charge in [0.05, 0.1) is 12.6 Å². The summed E-state index contributed by atoms with van der Waals surface area (Å²) in [7, 11) is 0. The second-order valence-corrected chi connectivity index (χ2v) is 9.35.